The highest BCUT2D eigenvalue weighted by molar-refractivity contribution is 9.10. The van der Waals surface area contributed by atoms with Gasteiger partial charge in [-0.15, -0.1) is 5.10 Å². The van der Waals surface area contributed by atoms with Crippen molar-refractivity contribution in [1.82, 2.24) is 20.3 Å². The molecule has 1 aliphatic heterocycles. The number of fused-ring (bicyclic) bond motifs is 1. The van der Waals surface area contributed by atoms with Gasteiger partial charge in [-0.05, 0) is 29.7 Å². The first-order chi connectivity index (χ1) is 13.2. The zero-order valence-electron chi connectivity index (χ0n) is 14.6. The Hall–Kier alpha value is -2.51. The summed E-state index contributed by atoms with van der Waals surface area (Å²) in [4.78, 5) is 12.5. The van der Waals surface area contributed by atoms with Crippen molar-refractivity contribution in [3.05, 3.63) is 81.6 Å². The Bertz CT molecular complexity index is 925. The van der Waals surface area contributed by atoms with E-state index in [1.54, 1.807) is 4.68 Å². The van der Waals surface area contributed by atoms with E-state index in [9.17, 15) is 4.79 Å². The van der Waals surface area contributed by atoms with E-state index in [4.69, 9.17) is 4.74 Å². The largest absolute Gasteiger partial charge is 0.365 e. The second-order valence-corrected chi connectivity index (χ2v) is 7.33. The summed E-state index contributed by atoms with van der Waals surface area (Å²) < 4.78 is 8.75. The second kappa shape index (κ2) is 8.02. The molecule has 0 bridgehead atoms. The van der Waals surface area contributed by atoms with Crippen LogP contribution >= 0.6 is 15.9 Å². The van der Waals surface area contributed by atoms with Gasteiger partial charge in [-0.3, -0.25) is 4.79 Å². The number of ether oxygens (including phenoxy) is 1. The van der Waals surface area contributed by atoms with E-state index in [0.717, 1.165) is 22.2 Å². The molecule has 2 heterocycles. The topological polar surface area (TPSA) is 69.0 Å². The van der Waals surface area contributed by atoms with Crippen molar-refractivity contribution >= 4 is 21.8 Å². The molecule has 2 aromatic carbocycles. The second-order valence-electron chi connectivity index (χ2n) is 6.41. The van der Waals surface area contributed by atoms with E-state index in [1.807, 2.05) is 54.6 Å². The maximum Gasteiger partial charge on any atom is 0.273 e. The standard InChI is InChI=1S/C20H19BrN4O2/c21-16-8-6-15(7-9-16)18-12-25-17(13-27-18)19(23-24-25)20(26)22-11-10-14-4-2-1-3-5-14/h1-9,18H,10-13H2,(H,22,26)/t18-/m1/s1. The van der Waals surface area contributed by atoms with Crippen molar-refractivity contribution in [2.75, 3.05) is 6.54 Å². The highest BCUT2D eigenvalue weighted by Gasteiger charge is 2.27. The van der Waals surface area contributed by atoms with Crippen LogP contribution in [0.15, 0.2) is 59.1 Å². The molecular formula is C20H19BrN4O2. The fraction of sp³-hybridized carbons (Fsp3) is 0.250. The molecule has 0 aliphatic carbocycles. The molecule has 1 N–H and O–H groups in total. The summed E-state index contributed by atoms with van der Waals surface area (Å²) in [7, 11) is 0. The maximum absolute atomic E-state index is 12.5. The van der Waals surface area contributed by atoms with Gasteiger partial charge in [-0.2, -0.15) is 0 Å². The van der Waals surface area contributed by atoms with Gasteiger partial charge < -0.3 is 10.1 Å². The van der Waals surface area contributed by atoms with Gasteiger partial charge in [0.2, 0.25) is 0 Å². The lowest BCUT2D eigenvalue weighted by Gasteiger charge is -2.24. The predicted molar refractivity (Wildman–Crippen MR) is 104 cm³/mol. The van der Waals surface area contributed by atoms with Crippen LogP contribution < -0.4 is 5.32 Å². The van der Waals surface area contributed by atoms with E-state index in [0.29, 0.717) is 25.4 Å². The smallest absolute Gasteiger partial charge is 0.273 e. The van der Waals surface area contributed by atoms with Crippen molar-refractivity contribution in [1.29, 1.82) is 0 Å². The highest BCUT2D eigenvalue weighted by Crippen LogP contribution is 2.27. The molecule has 27 heavy (non-hydrogen) atoms. The van der Waals surface area contributed by atoms with Crippen LogP contribution in [0.5, 0.6) is 0 Å². The molecule has 0 radical (unpaired) electrons. The number of carbonyl (C=O) groups is 1. The first-order valence-corrected chi connectivity index (χ1v) is 9.61. The Morgan fingerprint density at radius 1 is 1.19 bits per heavy atom. The Morgan fingerprint density at radius 2 is 1.96 bits per heavy atom. The molecule has 4 rings (SSSR count). The maximum atomic E-state index is 12.5. The molecule has 7 heteroatoms. The van der Waals surface area contributed by atoms with Gasteiger partial charge in [-0.1, -0.05) is 63.6 Å². The Labute approximate surface area is 165 Å². The van der Waals surface area contributed by atoms with Crippen LogP contribution in [0.4, 0.5) is 0 Å². The summed E-state index contributed by atoms with van der Waals surface area (Å²) in [6, 6.07) is 18.1. The fourth-order valence-electron chi connectivity index (χ4n) is 3.12. The quantitative estimate of drug-likeness (QED) is 0.679. The first kappa shape index (κ1) is 17.9. The number of rotatable bonds is 5. The highest BCUT2D eigenvalue weighted by atomic mass is 79.9. The van der Waals surface area contributed by atoms with Gasteiger partial charge >= 0.3 is 0 Å². The number of halogens is 1. The molecule has 0 unspecified atom stereocenters. The number of carbonyl (C=O) groups excluding carboxylic acids is 1. The third kappa shape index (κ3) is 4.09. The summed E-state index contributed by atoms with van der Waals surface area (Å²) in [5, 5.41) is 11.2. The SMILES string of the molecule is O=C(NCCc1ccccc1)c1nnn2c1CO[C@@H](c1ccc(Br)cc1)C2. The lowest BCUT2D eigenvalue weighted by atomic mass is 10.1. The van der Waals surface area contributed by atoms with Crippen molar-refractivity contribution in [2.24, 2.45) is 0 Å². The summed E-state index contributed by atoms with van der Waals surface area (Å²) in [6.45, 7) is 1.41. The minimum atomic E-state index is -0.210. The number of amides is 1. The fourth-order valence-corrected chi connectivity index (χ4v) is 3.38. The number of nitrogens with one attached hydrogen (secondary N) is 1. The lowest BCUT2D eigenvalue weighted by molar-refractivity contribution is -0.00177. The molecule has 1 aromatic heterocycles. The van der Waals surface area contributed by atoms with Crippen LogP contribution in [0.3, 0.4) is 0 Å². The lowest BCUT2D eigenvalue weighted by Crippen LogP contribution is -2.29. The molecule has 1 aliphatic rings. The van der Waals surface area contributed by atoms with Crippen LogP contribution in [0.25, 0.3) is 0 Å². The minimum absolute atomic E-state index is 0.0960. The molecule has 1 atom stereocenters. The number of benzene rings is 2. The van der Waals surface area contributed by atoms with Crippen molar-refractivity contribution in [3.63, 3.8) is 0 Å². The Kier molecular flexibility index (Phi) is 5.31. The first-order valence-electron chi connectivity index (χ1n) is 8.82. The van der Waals surface area contributed by atoms with Crippen LogP contribution in [0.1, 0.15) is 33.4 Å². The van der Waals surface area contributed by atoms with Crippen molar-refractivity contribution < 1.29 is 9.53 Å². The van der Waals surface area contributed by atoms with E-state index >= 15 is 0 Å². The summed E-state index contributed by atoms with van der Waals surface area (Å²) >= 11 is 3.44. The van der Waals surface area contributed by atoms with Crippen LogP contribution in [-0.2, 0) is 24.3 Å². The molecule has 0 fully saturated rings. The van der Waals surface area contributed by atoms with Crippen LogP contribution in [0, 0.1) is 0 Å². The van der Waals surface area contributed by atoms with Gasteiger partial charge in [0.1, 0.15) is 6.10 Å². The monoisotopic (exact) mass is 426 g/mol. The average molecular weight is 427 g/mol. The van der Waals surface area contributed by atoms with Gasteiger partial charge in [0.15, 0.2) is 5.69 Å². The van der Waals surface area contributed by atoms with Gasteiger partial charge in [-0.25, -0.2) is 4.68 Å². The average Bonchev–Trinajstić information content (AvgIpc) is 3.12. The van der Waals surface area contributed by atoms with Gasteiger partial charge in [0.05, 0.1) is 18.8 Å². The Morgan fingerprint density at radius 3 is 2.74 bits per heavy atom. The number of hydrogen-bond donors (Lipinski definition) is 1. The molecule has 0 saturated carbocycles. The minimum Gasteiger partial charge on any atom is -0.365 e. The molecule has 138 valence electrons. The van der Waals surface area contributed by atoms with Gasteiger partial charge in [0, 0.05) is 11.0 Å². The van der Waals surface area contributed by atoms with Crippen LogP contribution in [0.2, 0.25) is 0 Å². The molecule has 0 spiro atoms. The summed E-state index contributed by atoms with van der Waals surface area (Å²) in [6.07, 6.45) is 0.680. The van der Waals surface area contributed by atoms with E-state index in [1.165, 1.54) is 5.56 Å². The number of aromatic nitrogens is 3. The zero-order chi connectivity index (χ0) is 18.6. The summed E-state index contributed by atoms with van der Waals surface area (Å²) in [5.74, 6) is -0.210. The Balaban J connectivity index is 1.39. The molecule has 0 saturated heterocycles. The molecular weight excluding hydrogens is 408 g/mol. The number of hydrogen-bond acceptors (Lipinski definition) is 4. The number of nitrogens with zero attached hydrogens (tertiary/aromatic N) is 3. The molecule has 6 nitrogen and oxygen atoms in total. The van der Waals surface area contributed by atoms with E-state index in [-0.39, 0.29) is 12.0 Å². The normalized spacial score (nSPS) is 16.0. The zero-order valence-corrected chi connectivity index (χ0v) is 16.2. The third-order valence-corrected chi connectivity index (χ3v) is 5.13. The van der Waals surface area contributed by atoms with Crippen molar-refractivity contribution in [2.45, 2.75) is 25.7 Å². The predicted octanol–water partition coefficient (Wildman–Crippen LogP) is 3.28. The molecule has 3 aromatic rings. The van der Waals surface area contributed by atoms with Crippen LogP contribution in [-0.4, -0.2) is 27.4 Å². The van der Waals surface area contributed by atoms with Gasteiger partial charge in [0.25, 0.3) is 5.91 Å². The third-order valence-electron chi connectivity index (χ3n) is 4.60. The van der Waals surface area contributed by atoms with E-state index < -0.39 is 0 Å². The van der Waals surface area contributed by atoms with E-state index in [2.05, 4.69) is 31.6 Å². The van der Waals surface area contributed by atoms with Crippen molar-refractivity contribution in [3.8, 4) is 0 Å². The molecule has 1 amide bonds. The summed E-state index contributed by atoms with van der Waals surface area (Å²) in [5.41, 5.74) is 3.33.